The van der Waals surface area contributed by atoms with E-state index in [1.54, 1.807) is 0 Å². The Hall–Kier alpha value is -2.62. The molecule has 26 heavy (non-hydrogen) atoms. The number of piperidine rings is 1. The lowest BCUT2D eigenvalue weighted by Crippen LogP contribution is -2.43. The largest absolute Gasteiger partial charge is 0.338 e. The van der Waals surface area contributed by atoms with Gasteiger partial charge in [0.05, 0.1) is 5.92 Å². The number of anilines is 1. The third-order valence-corrected chi connectivity index (χ3v) is 4.87. The van der Waals surface area contributed by atoms with Crippen LogP contribution in [0.3, 0.4) is 0 Å². The predicted octanol–water partition coefficient (Wildman–Crippen LogP) is 4.10. The van der Waals surface area contributed by atoms with Crippen LogP contribution in [-0.2, 0) is 4.79 Å². The third kappa shape index (κ3) is 4.31. The van der Waals surface area contributed by atoms with Gasteiger partial charge < -0.3 is 10.2 Å². The van der Waals surface area contributed by atoms with E-state index in [0.29, 0.717) is 18.7 Å². The molecular weight excluding hydrogens is 324 g/mol. The smallest absolute Gasteiger partial charge is 0.253 e. The number of carbonyl (C=O) groups excluding carboxylic acids is 2. The first kappa shape index (κ1) is 18.2. The Balaban J connectivity index is 1.67. The predicted molar refractivity (Wildman–Crippen MR) is 104 cm³/mol. The van der Waals surface area contributed by atoms with Crippen molar-refractivity contribution in [3.8, 4) is 0 Å². The second kappa shape index (κ2) is 7.73. The number of nitrogens with zero attached hydrogens (tertiary/aromatic N) is 1. The van der Waals surface area contributed by atoms with Crippen molar-refractivity contribution in [3.63, 3.8) is 0 Å². The first-order chi connectivity index (χ1) is 12.4. The van der Waals surface area contributed by atoms with Crippen molar-refractivity contribution in [2.75, 3.05) is 18.4 Å². The SMILES string of the molecule is Cc1ccc(NC(=O)[C@@H]2CCCN(C(=O)c3cc(C)cc(C)c3)C2)cc1. The molecule has 0 bridgehead atoms. The van der Waals surface area contributed by atoms with Gasteiger partial charge in [-0.2, -0.15) is 0 Å². The highest BCUT2D eigenvalue weighted by Crippen LogP contribution is 2.21. The maximum absolute atomic E-state index is 12.9. The second-order valence-electron chi connectivity index (χ2n) is 7.32. The lowest BCUT2D eigenvalue weighted by molar-refractivity contribution is -0.121. The molecule has 0 spiro atoms. The van der Waals surface area contributed by atoms with Crippen LogP contribution in [0.5, 0.6) is 0 Å². The highest BCUT2D eigenvalue weighted by molar-refractivity contribution is 5.96. The molecule has 4 heteroatoms. The molecule has 0 radical (unpaired) electrons. The number of hydrogen-bond donors (Lipinski definition) is 1. The molecule has 2 amide bonds. The first-order valence-electron chi connectivity index (χ1n) is 9.17. The van der Waals surface area contributed by atoms with Crippen molar-refractivity contribution in [1.82, 2.24) is 4.90 Å². The summed E-state index contributed by atoms with van der Waals surface area (Å²) in [6.45, 7) is 7.20. The van der Waals surface area contributed by atoms with E-state index in [2.05, 4.69) is 11.4 Å². The topological polar surface area (TPSA) is 49.4 Å². The summed E-state index contributed by atoms with van der Waals surface area (Å²) < 4.78 is 0. The Kier molecular flexibility index (Phi) is 5.40. The van der Waals surface area contributed by atoms with Gasteiger partial charge in [-0.25, -0.2) is 0 Å². The highest BCUT2D eigenvalue weighted by atomic mass is 16.2. The second-order valence-corrected chi connectivity index (χ2v) is 7.32. The van der Waals surface area contributed by atoms with Crippen LogP contribution < -0.4 is 5.32 Å². The Morgan fingerprint density at radius 3 is 2.27 bits per heavy atom. The molecule has 0 saturated carbocycles. The Morgan fingerprint density at radius 1 is 0.962 bits per heavy atom. The van der Waals surface area contributed by atoms with Crippen molar-refractivity contribution in [3.05, 3.63) is 64.7 Å². The van der Waals surface area contributed by atoms with Crippen molar-refractivity contribution < 1.29 is 9.59 Å². The minimum atomic E-state index is -0.167. The number of benzene rings is 2. The lowest BCUT2D eigenvalue weighted by Gasteiger charge is -2.32. The Morgan fingerprint density at radius 2 is 1.62 bits per heavy atom. The minimum Gasteiger partial charge on any atom is -0.338 e. The fourth-order valence-corrected chi connectivity index (χ4v) is 3.54. The van der Waals surface area contributed by atoms with Gasteiger partial charge in [-0.3, -0.25) is 9.59 Å². The third-order valence-electron chi connectivity index (χ3n) is 4.87. The summed E-state index contributed by atoms with van der Waals surface area (Å²) in [5.74, 6) is -0.156. The molecule has 1 N–H and O–H groups in total. The standard InChI is InChI=1S/C22H26N2O2/c1-15-6-8-20(9-7-15)23-21(25)18-5-4-10-24(14-18)22(26)19-12-16(2)11-17(3)13-19/h6-9,11-13,18H,4-5,10,14H2,1-3H3,(H,23,25)/t18-/m1/s1. The number of hydrogen-bond acceptors (Lipinski definition) is 2. The first-order valence-corrected chi connectivity index (χ1v) is 9.17. The van der Waals surface area contributed by atoms with Crippen molar-refractivity contribution in [2.45, 2.75) is 33.6 Å². The molecule has 2 aromatic rings. The minimum absolute atomic E-state index is 0.00761. The van der Waals surface area contributed by atoms with Gasteiger partial charge in [-0.15, -0.1) is 0 Å². The fourth-order valence-electron chi connectivity index (χ4n) is 3.54. The van der Waals surface area contributed by atoms with E-state index in [9.17, 15) is 9.59 Å². The summed E-state index contributed by atoms with van der Waals surface area (Å²) >= 11 is 0. The maximum Gasteiger partial charge on any atom is 0.253 e. The molecule has 1 aliphatic rings. The summed E-state index contributed by atoms with van der Waals surface area (Å²) in [6, 6.07) is 13.7. The van der Waals surface area contributed by atoms with E-state index >= 15 is 0 Å². The van der Waals surface area contributed by atoms with Gasteiger partial charge in [-0.1, -0.05) is 34.9 Å². The molecule has 2 aromatic carbocycles. The molecule has 0 unspecified atom stereocenters. The van der Waals surface area contributed by atoms with Gasteiger partial charge in [0.2, 0.25) is 5.91 Å². The van der Waals surface area contributed by atoms with Crippen molar-refractivity contribution >= 4 is 17.5 Å². The van der Waals surface area contributed by atoms with Gasteiger partial charge in [-0.05, 0) is 57.9 Å². The van der Waals surface area contributed by atoms with E-state index in [4.69, 9.17) is 0 Å². The van der Waals surface area contributed by atoms with Crippen molar-refractivity contribution in [1.29, 1.82) is 0 Å². The molecule has 1 heterocycles. The van der Waals surface area contributed by atoms with Crippen LogP contribution in [0.4, 0.5) is 5.69 Å². The summed E-state index contributed by atoms with van der Waals surface area (Å²) in [5.41, 5.74) is 4.84. The Bertz CT molecular complexity index is 791. The van der Waals surface area contributed by atoms with E-state index in [1.807, 2.05) is 62.1 Å². The quantitative estimate of drug-likeness (QED) is 0.906. The maximum atomic E-state index is 12.9. The number of nitrogens with one attached hydrogen (secondary N) is 1. The molecule has 136 valence electrons. The van der Waals surface area contributed by atoms with E-state index in [-0.39, 0.29) is 17.7 Å². The number of amides is 2. The summed E-state index contributed by atoms with van der Waals surface area (Å²) in [7, 11) is 0. The van der Waals surface area contributed by atoms with Gasteiger partial charge in [0.15, 0.2) is 0 Å². The molecule has 1 saturated heterocycles. The Labute approximate surface area is 155 Å². The average molecular weight is 350 g/mol. The molecule has 3 rings (SSSR count). The van der Waals surface area contributed by atoms with Crippen LogP contribution in [-0.4, -0.2) is 29.8 Å². The zero-order valence-corrected chi connectivity index (χ0v) is 15.7. The van der Waals surface area contributed by atoms with Crippen LogP contribution >= 0.6 is 0 Å². The highest BCUT2D eigenvalue weighted by Gasteiger charge is 2.29. The van der Waals surface area contributed by atoms with Gasteiger partial charge in [0.25, 0.3) is 5.91 Å². The summed E-state index contributed by atoms with van der Waals surface area (Å²) in [6.07, 6.45) is 1.66. The number of rotatable bonds is 3. The zero-order chi connectivity index (χ0) is 18.7. The molecule has 1 aliphatic heterocycles. The zero-order valence-electron chi connectivity index (χ0n) is 15.7. The summed E-state index contributed by atoms with van der Waals surface area (Å²) in [4.78, 5) is 27.3. The molecule has 0 aromatic heterocycles. The van der Waals surface area contributed by atoms with Gasteiger partial charge in [0.1, 0.15) is 0 Å². The number of carbonyl (C=O) groups is 2. The fraction of sp³-hybridized carbons (Fsp3) is 0.364. The normalized spacial score (nSPS) is 17.0. The van der Waals surface area contributed by atoms with E-state index in [1.165, 1.54) is 0 Å². The molecule has 1 atom stereocenters. The molecule has 1 fully saturated rings. The van der Waals surface area contributed by atoms with E-state index in [0.717, 1.165) is 35.2 Å². The van der Waals surface area contributed by atoms with E-state index < -0.39 is 0 Å². The lowest BCUT2D eigenvalue weighted by atomic mass is 9.96. The van der Waals surface area contributed by atoms with Crippen molar-refractivity contribution in [2.24, 2.45) is 5.92 Å². The molecule has 0 aliphatic carbocycles. The number of aryl methyl sites for hydroxylation is 3. The van der Waals surface area contributed by atoms with Crippen LogP contribution in [0.1, 0.15) is 39.9 Å². The van der Waals surface area contributed by atoms with Gasteiger partial charge >= 0.3 is 0 Å². The molecule has 4 nitrogen and oxygen atoms in total. The van der Waals surface area contributed by atoms with Crippen LogP contribution in [0.15, 0.2) is 42.5 Å². The van der Waals surface area contributed by atoms with Gasteiger partial charge in [0, 0.05) is 24.3 Å². The van der Waals surface area contributed by atoms with Crippen LogP contribution in [0.2, 0.25) is 0 Å². The number of likely N-dealkylation sites (tertiary alicyclic amines) is 1. The average Bonchev–Trinajstić information content (AvgIpc) is 2.62. The molecular formula is C22H26N2O2. The monoisotopic (exact) mass is 350 g/mol. The summed E-state index contributed by atoms with van der Waals surface area (Å²) in [5, 5.41) is 2.98. The van der Waals surface area contributed by atoms with Crippen LogP contribution in [0, 0.1) is 26.7 Å². The van der Waals surface area contributed by atoms with Crippen LogP contribution in [0.25, 0.3) is 0 Å².